The molecule has 0 heterocycles. The van der Waals surface area contributed by atoms with Crippen molar-refractivity contribution in [1.29, 1.82) is 0 Å². The highest BCUT2D eigenvalue weighted by Gasteiger charge is 2.01. The standard InChI is InChI=1S/C13H23NOS/c1-11(2)7-6-8-12(3)9-10-16-13(15)14(4)5/h7,9H,6,8,10H2,1-5H3/b12-9+. The molecule has 0 bridgehead atoms. The zero-order valence-electron chi connectivity index (χ0n) is 11.0. The van der Waals surface area contributed by atoms with E-state index in [-0.39, 0.29) is 5.24 Å². The van der Waals surface area contributed by atoms with Crippen LogP contribution in [0.3, 0.4) is 0 Å². The lowest BCUT2D eigenvalue weighted by molar-refractivity contribution is 0.241. The van der Waals surface area contributed by atoms with Gasteiger partial charge in [0.05, 0.1) is 0 Å². The number of carbonyl (C=O) groups excluding carboxylic acids is 1. The van der Waals surface area contributed by atoms with Gasteiger partial charge in [-0.1, -0.05) is 35.1 Å². The fourth-order valence-electron chi connectivity index (χ4n) is 1.07. The zero-order chi connectivity index (χ0) is 12.6. The van der Waals surface area contributed by atoms with Crippen molar-refractivity contribution < 1.29 is 4.79 Å². The number of nitrogens with zero attached hydrogens (tertiary/aromatic N) is 1. The van der Waals surface area contributed by atoms with Crippen molar-refractivity contribution in [3.8, 4) is 0 Å². The summed E-state index contributed by atoms with van der Waals surface area (Å²) in [6, 6.07) is 0. The van der Waals surface area contributed by atoms with Gasteiger partial charge in [-0.2, -0.15) is 0 Å². The van der Waals surface area contributed by atoms with E-state index < -0.39 is 0 Å². The molecule has 0 fully saturated rings. The molecule has 0 aliphatic heterocycles. The van der Waals surface area contributed by atoms with Gasteiger partial charge >= 0.3 is 0 Å². The molecule has 92 valence electrons. The zero-order valence-corrected chi connectivity index (χ0v) is 11.9. The minimum Gasteiger partial charge on any atom is -0.340 e. The Balaban J connectivity index is 3.79. The first kappa shape index (κ1) is 15.3. The maximum atomic E-state index is 11.3. The van der Waals surface area contributed by atoms with Crippen LogP contribution < -0.4 is 0 Å². The molecule has 0 aromatic carbocycles. The molecule has 16 heavy (non-hydrogen) atoms. The van der Waals surface area contributed by atoms with Crippen LogP contribution in [0.25, 0.3) is 0 Å². The van der Waals surface area contributed by atoms with E-state index in [1.54, 1.807) is 19.0 Å². The summed E-state index contributed by atoms with van der Waals surface area (Å²) in [7, 11) is 3.56. The van der Waals surface area contributed by atoms with Crippen LogP contribution in [0.2, 0.25) is 0 Å². The summed E-state index contributed by atoms with van der Waals surface area (Å²) in [5.41, 5.74) is 2.72. The van der Waals surface area contributed by atoms with Gasteiger partial charge in [0.25, 0.3) is 5.24 Å². The maximum Gasteiger partial charge on any atom is 0.281 e. The van der Waals surface area contributed by atoms with Gasteiger partial charge in [0, 0.05) is 19.8 Å². The molecule has 0 saturated heterocycles. The number of hydrogen-bond acceptors (Lipinski definition) is 2. The summed E-state index contributed by atoms with van der Waals surface area (Å²) >= 11 is 1.35. The van der Waals surface area contributed by atoms with Crippen molar-refractivity contribution in [2.75, 3.05) is 19.8 Å². The summed E-state index contributed by atoms with van der Waals surface area (Å²) in [5.74, 6) is 0.775. The van der Waals surface area contributed by atoms with Gasteiger partial charge in [0.15, 0.2) is 0 Å². The summed E-state index contributed by atoms with van der Waals surface area (Å²) in [4.78, 5) is 12.9. The van der Waals surface area contributed by atoms with Crippen LogP contribution in [0.1, 0.15) is 33.6 Å². The van der Waals surface area contributed by atoms with E-state index in [1.807, 2.05) is 0 Å². The Labute approximate surface area is 104 Å². The lowest BCUT2D eigenvalue weighted by Gasteiger charge is -2.07. The SMILES string of the molecule is CC(C)=CCC/C(C)=C/CSC(=O)N(C)C. The molecule has 0 unspecified atom stereocenters. The Hall–Kier alpha value is -0.700. The van der Waals surface area contributed by atoms with Gasteiger partial charge in [0.2, 0.25) is 0 Å². The van der Waals surface area contributed by atoms with Crippen molar-refractivity contribution in [1.82, 2.24) is 4.90 Å². The molecule has 0 rings (SSSR count). The Morgan fingerprint density at radius 3 is 2.31 bits per heavy atom. The summed E-state index contributed by atoms with van der Waals surface area (Å²) in [6.07, 6.45) is 6.57. The van der Waals surface area contributed by atoms with E-state index >= 15 is 0 Å². The quantitative estimate of drug-likeness (QED) is 0.676. The molecule has 0 aromatic heterocycles. The average molecular weight is 241 g/mol. The maximum absolute atomic E-state index is 11.3. The van der Waals surface area contributed by atoms with Gasteiger partial charge < -0.3 is 4.90 Å². The molecule has 0 aromatic rings. The molecule has 0 aliphatic carbocycles. The van der Waals surface area contributed by atoms with Crippen LogP contribution in [-0.2, 0) is 0 Å². The molecule has 1 amide bonds. The molecular formula is C13H23NOS. The molecular weight excluding hydrogens is 218 g/mol. The second kappa shape index (κ2) is 8.45. The van der Waals surface area contributed by atoms with Crippen LogP contribution in [0.4, 0.5) is 4.79 Å². The highest BCUT2D eigenvalue weighted by molar-refractivity contribution is 8.13. The summed E-state index contributed by atoms with van der Waals surface area (Å²) in [5, 5.41) is 0.119. The highest BCUT2D eigenvalue weighted by atomic mass is 32.2. The minimum absolute atomic E-state index is 0.119. The minimum atomic E-state index is 0.119. The van der Waals surface area contributed by atoms with Crippen molar-refractivity contribution in [2.24, 2.45) is 0 Å². The van der Waals surface area contributed by atoms with Crippen LogP contribution in [0, 0.1) is 0 Å². The average Bonchev–Trinajstić information content (AvgIpc) is 2.16. The number of carbonyl (C=O) groups is 1. The third kappa shape index (κ3) is 8.60. The molecule has 0 radical (unpaired) electrons. The number of allylic oxidation sites excluding steroid dienone is 3. The smallest absolute Gasteiger partial charge is 0.281 e. The van der Waals surface area contributed by atoms with Crippen molar-refractivity contribution in [3.63, 3.8) is 0 Å². The molecule has 0 saturated carbocycles. The fourth-order valence-corrected chi connectivity index (χ4v) is 1.84. The summed E-state index contributed by atoms with van der Waals surface area (Å²) in [6.45, 7) is 6.36. The van der Waals surface area contributed by atoms with Gasteiger partial charge in [-0.05, 0) is 33.6 Å². The Bertz CT molecular complexity index is 276. The van der Waals surface area contributed by atoms with E-state index in [9.17, 15) is 4.79 Å². The Morgan fingerprint density at radius 2 is 1.81 bits per heavy atom. The van der Waals surface area contributed by atoms with Crippen molar-refractivity contribution in [3.05, 3.63) is 23.3 Å². The van der Waals surface area contributed by atoms with Crippen LogP contribution in [0.15, 0.2) is 23.3 Å². The van der Waals surface area contributed by atoms with Crippen LogP contribution in [-0.4, -0.2) is 30.0 Å². The topological polar surface area (TPSA) is 20.3 Å². The molecule has 0 atom stereocenters. The Morgan fingerprint density at radius 1 is 1.19 bits per heavy atom. The van der Waals surface area contributed by atoms with Crippen molar-refractivity contribution in [2.45, 2.75) is 33.6 Å². The fraction of sp³-hybridized carbons (Fsp3) is 0.615. The molecule has 3 heteroatoms. The van der Waals surface area contributed by atoms with Gasteiger partial charge in [-0.25, -0.2) is 0 Å². The van der Waals surface area contributed by atoms with Crippen LogP contribution in [0.5, 0.6) is 0 Å². The third-order valence-electron chi connectivity index (χ3n) is 2.10. The van der Waals surface area contributed by atoms with E-state index in [2.05, 4.69) is 32.9 Å². The number of rotatable bonds is 5. The second-order valence-corrected chi connectivity index (χ2v) is 5.31. The molecule has 2 nitrogen and oxygen atoms in total. The normalized spacial score (nSPS) is 11.2. The molecule has 0 aliphatic rings. The van der Waals surface area contributed by atoms with Crippen molar-refractivity contribution >= 4 is 17.0 Å². The largest absolute Gasteiger partial charge is 0.340 e. The second-order valence-electron chi connectivity index (χ2n) is 4.34. The first-order valence-corrected chi connectivity index (χ1v) is 6.55. The van der Waals surface area contributed by atoms with E-state index in [1.165, 1.54) is 22.9 Å². The summed E-state index contributed by atoms with van der Waals surface area (Å²) < 4.78 is 0. The van der Waals surface area contributed by atoms with E-state index in [0.717, 1.165) is 18.6 Å². The number of thioether (sulfide) groups is 1. The lowest BCUT2D eigenvalue weighted by atomic mass is 10.1. The van der Waals surface area contributed by atoms with Gasteiger partial charge in [-0.3, -0.25) is 4.79 Å². The number of hydrogen-bond donors (Lipinski definition) is 0. The third-order valence-corrected chi connectivity index (χ3v) is 3.04. The predicted molar refractivity (Wildman–Crippen MR) is 74.0 cm³/mol. The van der Waals surface area contributed by atoms with E-state index in [4.69, 9.17) is 0 Å². The van der Waals surface area contributed by atoms with E-state index in [0.29, 0.717) is 0 Å². The predicted octanol–water partition coefficient (Wildman–Crippen LogP) is 4.09. The first-order valence-electron chi connectivity index (χ1n) is 5.56. The lowest BCUT2D eigenvalue weighted by Crippen LogP contribution is -2.16. The first-order chi connectivity index (χ1) is 7.43. The van der Waals surface area contributed by atoms with Crippen LogP contribution >= 0.6 is 11.8 Å². The number of amides is 1. The highest BCUT2D eigenvalue weighted by Crippen LogP contribution is 2.11. The van der Waals surface area contributed by atoms with Gasteiger partial charge in [-0.15, -0.1) is 0 Å². The monoisotopic (exact) mass is 241 g/mol. The van der Waals surface area contributed by atoms with Gasteiger partial charge in [0.1, 0.15) is 0 Å². The molecule has 0 N–H and O–H groups in total. The Kier molecular flexibility index (Phi) is 8.08. The molecule has 0 spiro atoms.